The van der Waals surface area contributed by atoms with Gasteiger partial charge in [0.05, 0.1) is 0 Å². The number of imide groups is 1. The highest BCUT2D eigenvalue weighted by molar-refractivity contribution is 6.10. The number of nitrogens with zero attached hydrogens (tertiary/aromatic N) is 1. The quantitative estimate of drug-likeness (QED) is 0.433. The molecule has 166 valence electrons. The minimum absolute atomic E-state index is 0.0807. The fourth-order valence-corrected chi connectivity index (χ4v) is 3.94. The Bertz CT molecular complexity index is 1190. The zero-order chi connectivity index (χ0) is 23.4. The largest absolute Gasteiger partial charge is 0.325 e. The molecule has 0 saturated carbocycles. The first-order chi connectivity index (χ1) is 15.9. The number of ketones is 1. The van der Waals surface area contributed by atoms with Gasteiger partial charge < -0.3 is 10.6 Å². The van der Waals surface area contributed by atoms with E-state index in [4.69, 9.17) is 0 Å². The van der Waals surface area contributed by atoms with Crippen LogP contribution < -0.4 is 10.6 Å². The standard InChI is InChI=1S/C26H23N3O4/c1-18(30)20-12-14-22(15-13-20)27-23(31)17-29-24(32)26(28-25(29)33,21-10-6-3-7-11-21)16-19-8-4-2-5-9-19/h2-15H,16-17H2,1H3,(H,27,31)(H,28,33)/t26-/m1/s1. The molecule has 4 rings (SSSR count). The molecule has 0 radical (unpaired) electrons. The number of carbonyl (C=O) groups is 4. The van der Waals surface area contributed by atoms with E-state index in [2.05, 4.69) is 10.6 Å². The lowest BCUT2D eigenvalue weighted by Gasteiger charge is -2.27. The molecule has 1 heterocycles. The maximum atomic E-state index is 13.6. The van der Waals surface area contributed by atoms with Crippen LogP contribution >= 0.6 is 0 Å². The van der Waals surface area contributed by atoms with Crippen LogP contribution in [0.4, 0.5) is 10.5 Å². The van der Waals surface area contributed by atoms with E-state index in [-0.39, 0.29) is 12.2 Å². The van der Waals surface area contributed by atoms with E-state index in [9.17, 15) is 19.2 Å². The SMILES string of the molecule is CC(=O)c1ccc(NC(=O)CN2C(=O)N[C@](Cc3ccccc3)(c3ccccc3)C2=O)cc1. The van der Waals surface area contributed by atoms with Crippen molar-refractivity contribution in [2.75, 3.05) is 11.9 Å². The summed E-state index contributed by atoms with van der Waals surface area (Å²) in [5.41, 5.74) is 1.22. The van der Waals surface area contributed by atoms with E-state index in [1.165, 1.54) is 6.92 Å². The Kier molecular flexibility index (Phi) is 6.04. The average molecular weight is 441 g/mol. The second-order valence-corrected chi connectivity index (χ2v) is 7.94. The van der Waals surface area contributed by atoms with Crippen molar-refractivity contribution in [2.24, 2.45) is 0 Å². The zero-order valence-electron chi connectivity index (χ0n) is 18.1. The van der Waals surface area contributed by atoms with E-state index in [1.54, 1.807) is 36.4 Å². The molecule has 1 atom stereocenters. The van der Waals surface area contributed by atoms with E-state index >= 15 is 0 Å². The van der Waals surface area contributed by atoms with Crippen LogP contribution in [0, 0.1) is 0 Å². The summed E-state index contributed by atoms with van der Waals surface area (Å²) in [6.07, 6.45) is 0.257. The monoisotopic (exact) mass is 441 g/mol. The molecule has 4 amide bonds. The van der Waals surface area contributed by atoms with Crippen molar-refractivity contribution in [3.8, 4) is 0 Å². The number of amides is 4. The maximum absolute atomic E-state index is 13.6. The van der Waals surface area contributed by atoms with Gasteiger partial charge in [0.1, 0.15) is 6.54 Å². The number of carbonyl (C=O) groups excluding carboxylic acids is 4. The molecule has 3 aromatic rings. The molecule has 1 aliphatic rings. The first-order valence-corrected chi connectivity index (χ1v) is 10.5. The normalized spacial score (nSPS) is 17.5. The van der Waals surface area contributed by atoms with Gasteiger partial charge in [-0.25, -0.2) is 4.79 Å². The van der Waals surface area contributed by atoms with Crippen molar-refractivity contribution in [3.05, 3.63) is 102 Å². The smallest absolute Gasteiger partial charge is 0.325 e. The van der Waals surface area contributed by atoms with Crippen LogP contribution in [0.1, 0.15) is 28.4 Å². The summed E-state index contributed by atoms with van der Waals surface area (Å²) < 4.78 is 0. The Morgan fingerprint density at radius 2 is 1.48 bits per heavy atom. The van der Waals surface area contributed by atoms with Gasteiger partial charge in [-0.05, 0) is 42.3 Å². The van der Waals surface area contributed by atoms with Gasteiger partial charge in [-0.1, -0.05) is 60.7 Å². The van der Waals surface area contributed by atoms with E-state index < -0.39 is 29.9 Å². The summed E-state index contributed by atoms with van der Waals surface area (Å²) in [6.45, 7) is 1.03. The van der Waals surface area contributed by atoms with Crippen molar-refractivity contribution in [1.82, 2.24) is 10.2 Å². The molecule has 2 N–H and O–H groups in total. The Hall–Kier alpha value is -4.26. The molecule has 0 bridgehead atoms. The molecule has 7 heteroatoms. The lowest BCUT2D eigenvalue weighted by atomic mass is 9.83. The minimum Gasteiger partial charge on any atom is -0.325 e. The lowest BCUT2D eigenvalue weighted by Crippen LogP contribution is -2.46. The Balaban J connectivity index is 1.56. The number of nitrogens with one attached hydrogen (secondary N) is 2. The number of anilines is 1. The van der Waals surface area contributed by atoms with Crippen molar-refractivity contribution in [1.29, 1.82) is 0 Å². The van der Waals surface area contributed by atoms with Gasteiger partial charge >= 0.3 is 6.03 Å². The van der Waals surface area contributed by atoms with Crippen LogP contribution in [-0.4, -0.2) is 35.1 Å². The van der Waals surface area contributed by atoms with Crippen molar-refractivity contribution in [3.63, 3.8) is 0 Å². The third-order valence-corrected chi connectivity index (χ3v) is 5.63. The third kappa shape index (κ3) is 4.52. The fraction of sp³-hybridized carbons (Fsp3) is 0.154. The number of Topliss-reactive ketones (excluding diaryl/α,β-unsaturated/α-hetero) is 1. The maximum Gasteiger partial charge on any atom is 0.325 e. The van der Waals surface area contributed by atoms with Crippen LogP contribution in [0.25, 0.3) is 0 Å². The molecule has 1 saturated heterocycles. The predicted molar refractivity (Wildman–Crippen MR) is 124 cm³/mol. The van der Waals surface area contributed by atoms with Crippen molar-refractivity contribution >= 4 is 29.3 Å². The molecule has 0 unspecified atom stereocenters. The molecular weight excluding hydrogens is 418 g/mol. The van der Waals surface area contributed by atoms with Crippen LogP contribution in [-0.2, 0) is 21.5 Å². The van der Waals surface area contributed by atoms with Gasteiger partial charge in [-0.15, -0.1) is 0 Å². The molecule has 0 spiro atoms. The molecule has 1 aliphatic heterocycles. The Morgan fingerprint density at radius 3 is 2.09 bits per heavy atom. The predicted octanol–water partition coefficient (Wildman–Crippen LogP) is 3.52. The summed E-state index contributed by atoms with van der Waals surface area (Å²) in [5.74, 6) is -1.08. The number of hydrogen-bond acceptors (Lipinski definition) is 4. The van der Waals surface area contributed by atoms with Crippen LogP contribution in [0.15, 0.2) is 84.9 Å². The highest BCUT2D eigenvalue weighted by Gasteiger charge is 2.52. The van der Waals surface area contributed by atoms with Crippen LogP contribution in [0.2, 0.25) is 0 Å². The highest BCUT2D eigenvalue weighted by atomic mass is 16.2. The molecule has 0 aromatic heterocycles. The summed E-state index contributed by atoms with van der Waals surface area (Å²) in [4.78, 5) is 51.4. The van der Waals surface area contributed by atoms with Gasteiger partial charge in [0.15, 0.2) is 11.3 Å². The number of hydrogen-bond donors (Lipinski definition) is 2. The van der Waals surface area contributed by atoms with Crippen LogP contribution in [0.3, 0.4) is 0 Å². The van der Waals surface area contributed by atoms with E-state index in [1.807, 2.05) is 48.5 Å². The second-order valence-electron chi connectivity index (χ2n) is 7.94. The Labute approximate surface area is 191 Å². The van der Waals surface area contributed by atoms with Crippen LogP contribution in [0.5, 0.6) is 0 Å². The number of benzene rings is 3. The third-order valence-electron chi connectivity index (χ3n) is 5.63. The van der Waals surface area contributed by atoms with E-state index in [0.29, 0.717) is 16.8 Å². The lowest BCUT2D eigenvalue weighted by molar-refractivity contribution is -0.134. The zero-order valence-corrected chi connectivity index (χ0v) is 18.1. The van der Waals surface area contributed by atoms with Gasteiger partial charge in [-0.2, -0.15) is 0 Å². The van der Waals surface area contributed by atoms with Gasteiger partial charge in [-0.3, -0.25) is 19.3 Å². The molecule has 0 aliphatic carbocycles. The summed E-state index contributed by atoms with van der Waals surface area (Å²) in [7, 11) is 0. The van der Waals surface area contributed by atoms with Gasteiger partial charge in [0.25, 0.3) is 5.91 Å². The van der Waals surface area contributed by atoms with Crippen molar-refractivity contribution in [2.45, 2.75) is 18.9 Å². The Morgan fingerprint density at radius 1 is 0.879 bits per heavy atom. The molecule has 7 nitrogen and oxygen atoms in total. The minimum atomic E-state index is -1.30. The summed E-state index contributed by atoms with van der Waals surface area (Å²) in [5, 5.41) is 5.51. The topological polar surface area (TPSA) is 95.6 Å². The number of rotatable bonds is 7. The fourth-order valence-electron chi connectivity index (χ4n) is 3.94. The summed E-state index contributed by atoms with van der Waals surface area (Å²) >= 11 is 0. The average Bonchev–Trinajstić information content (AvgIpc) is 3.05. The molecule has 1 fully saturated rings. The summed E-state index contributed by atoms with van der Waals surface area (Å²) in [6, 6.07) is 24.2. The second kappa shape index (κ2) is 9.08. The van der Waals surface area contributed by atoms with Gasteiger partial charge in [0.2, 0.25) is 5.91 Å². The first-order valence-electron chi connectivity index (χ1n) is 10.5. The van der Waals surface area contributed by atoms with Gasteiger partial charge in [0, 0.05) is 17.7 Å². The molecule has 33 heavy (non-hydrogen) atoms. The molecular formula is C26H23N3O4. The highest BCUT2D eigenvalue weighted by Crippen LogP contribution is 2.33. The molecule has 3 aromatic carbocycles. The number of urea groups is 1. The first kappa shape index (κ1) is 22.0. The van der Waals surface area contributed by atoms with E-state index in [0.717, 1.165) is 10.5 Å². The van der Waals surface area contributed by atoms with Crippen molar-refractivity contribution < 1.29 is 19.2 Å².